The maximum absolute atomic E-state index is 11.6. The van der Waals surface area contributed by atoms with Crippen LogP contribution in [0, 0.1) is 6.92 Å². The third-order valence-electron chi connectivity index (χ3n) is 2.20. The maximum atomic E-state index is 11.6. The largest absolute Gasteiger partial charge is 0.457 e. The van der Waals surface area contributed by atoms with Crippen molar-refractivity contribution in [1.82, 2.24) is 25.1 Å². The molecule has 2 rings (SSSR count). The summed E-state index contributed by atoms with van der Waals surface area (Å²) in [6, 6.07) is 0. The van der Waals surface area contributed by atoms with E-state index < -0.39 is 5.97 Å². The molecule has 0 aromatic carbocycles. The number of ether oxygens (including phenoxy) is 1. The molecule has 2 heterocycles. The van der Waals surface area contributed by atoms with E-state index in [1.807, 2.05) is 0 Å². The summed E-state index contributed by atoms with van der Waals surface area (Å²) in [5.41, 5.74) is 0.735. The first-order valence-electron chi connectivity index (χ1n) is 5.16. The molecule has 0 spiro atoms. The van der Waals surface area contributed by atoms with Crippen molar-refractivity contribution in [1.29, 1.82) is 0 Å². The highest BCUT2D eigenvalue weighted by Gasteiger charge is 2.18. The summed E-state index contributed by atoms with van der Waals surface area (Å²) in [5.74, 6) is -0.154. The van der Waals surface area contributed by atoms with Gasteiger partial charge in [-0.15, -0.1) is 5.10 Å². The Morgan fingerprint density at radius 3 is 3.17 bits per heavy atom. The van der Waals surface area contributed by atoms with Crippen LogP contribution in [0.2, 0.25) is 0 Å². The molecule has 0 N–H and O–H groups in total. The lowest BCUT2D eigenvalue weighted by molar-refractivity contribution is 0.0542. The monoisotopic (exact) mass is 249 g/mol. The highest BCUT2D eigenvalue weighted by atomic mass is 16.5. The van der Waals surface area contributed by atoms with Gasteiger partial charge in [0.15, 0.2) is 12.0 Å². The van der Waals surface area contributed by atoms with Crippen LogP contribution in [0.4, 0.5) is 0 Å². The molecule has 0 bridgehead atoms. The van der Waals surface area contributed by atoms with E-state index >= 15 is 0 Å². The van der Waals surface area contributed by atoms with Crippen LogP contribution in [-0.4, -0.2) is 37.7 Å². The Bertz CT molecular complexity index is 546. The third-order valence-corrected chi connectivity index (χ3v) is 2.20. The summed E-state index contributed by atoms with van der Waals surface area (Å²) >= 11 is 0. The second kappa shape index (κ2) is 5.21. The standard InChI is InChI=1S/C10H11N5O3/c1-3-4-17-10(16)9-7(2)15(14-13-9)5-8-11-6-12-18-8/h3,6H,1,4-5H2,2H3. The van der Waals surface area contributed by atoms with Crippen molar-refractivity contribution in [3.63, 3.8) is 0 Å². The van der Waals surface area contributed by atoms with Gasteiger partial charge in [0.25, 0.3) is 0 Å². The van der Waals surface area contributed by atoms with E-state index in [2.05, 4.69) is 27.0 Å². The molecule has 0 aliphatic rings. The first kappa shape index (κ1) is 12.0. The molecular weight excluding hydrogens is 238 g/mol. The number of hydrogen-bond donors (Lipinski definition) is 0. The number of aromatic nitrogens is 5. The zero-order valence-electron chi connectivity index (χ0n) is 9.74. The van der Waals surface area contributed by atoms with Crippen LogP contribution in [-0.2, 0) is 11.3 Å². The van der Waals surface area contributed by atoms with E-state index in [0.717, 1.165) is 0 Å². The van der Waals surface area contributed by atoms with Gasteiger partial charge in [0, 0.05) is 0 Å². The van der Waals surface area contributed by atoms with Crippen LogP contribution >= 0.6 is 0 Å². The zero-order chi connectivity index (χ0) is 13.0. The molecule has 8 nitrogen and oxygen atoms in total. The predicted molar refractivity (Wildman–Crippen MR) is 58.6 cm³/mol. The molecule has 0 saturated heterocycles. The fraction of sp³-hybridized carbons (Fsp3) is 0.300. The molecule has 0 aliphatic heterocycles. The highest BCUT2D eigenvalue weighted by Crippen LogP contribution is 2.07. The van der Waals surface area contributed by atoms with Gasteiger partial charge in [-0.1, -0.05) is 23.0 Å². The average Bonchev–Trinajstić information content (AvgIpc) is 2.98. The van der Waals surface area contributed by atoms with Gasteiger partial charge in [0.2, 0.25) is 5.89 Å². The van der Waals surface area contributed by atoms with Crippen molar-refractivity contribution in [2.24, 2.45) is 0 Å². The molecule has 94 valence electrons. The summed E-state index contributed by atoms with van der Waals surface area (Å²) in [4.78, 5) is 15.5. The van der Waals surface area contributed by atoms with Gasteiger partial charge < -0.3 is 9.26 Å². The number of rotatable bonds is 5. The van der Waals surface area contributed by atoms with Crippen LogP contribution in [0.25, 0.3) is 0 Å². The van der Waals surface area contributed by atoms with Crippen molar-refractivity contribution < 1.29 is 14.1 Å². The molecule has 0 aliphatic carbocycles. The number of carbonyl (C=O) groups is 1. The van der Waals surface area contributed by atoms with Crippen LogP contribution in [0.5, 0.6) is 0 Å². The van der Waals surface area contributed by atoms with Crippen LogP contribution in [0.1, 0.15) is 22.1 Å². The van der Waals surface area contributed by atoms with Crippen molar-refractivity contribution >= 4 is 5.97 Å². The van der Waals surface area contributed by atoms with Crippen LogP contribution in [0.15, 0.2) is 23.5 Å². The Kier molecular flexibility index (Phi) is 3.46. The first-order chi connectivity index (χ1) is 8.72. The molecule has 8 heteroatoms. The second-order valence-electron chi connectivity index (χ2n) is 3.40. The van der Waals surface area contributed by atoms with Gasteiger partial charge in [-0.25, -0.2) is 9.48 Å². The van der Waals surface area contributed by atoms with Crippen molar-refractivity contribution in [2.75, 3.05) is 6.61 Å². The SMILES string of the molecule is C=CCOC(=O)c1nnn(Cc2ncno2)c1C. The summed E-state index contributed by atoms with van der Waals surface area (Å²) in [6.07, 6.45) is 2.77. The molecule has 18 heavy (non-hydrogen) atoms. The summed E-state index contributed by atoms with van der Waals surface area (Å²) in [6.45, 7) is 5.56. The summed E-state index contributed by atoms with van der Waals surface area (Å²) in [5, 5.41) is 11.1. The fourth-order valence-electron chi connectivity index (χ4n) is 1.30. The molecule has 0 atom stereocenters. The minimum Gasteiger partial charge on any atom is -0.457 e. The van der Waals surface area contributed by atoms with E-state index in [1.54, 1.807) is 6.92 Å². The fourth-order valence-corrected chi connectivity index (χ4v) is 1.30. The molecular formula is C10H11N5O3. The van der Waals surface area contributed by atoms with Crippen molar-refractivity contribution in [2.45, 2.75) is 13.5 Å². The number of carbonyl (C=O) groups excluding carboxylic acids is 1. The van der Waals surface area contributed by atoms with E-state index in [0.29, 0.717) is 11.6 Å². The first-order valence-corrected chi connectivity index (χ1v) is 5.16. The molecule has 0 saturated carbocycles. The molecule has 0 fully saturated rings. The van der Waals surface area contributed by atoms with E-state index in [-0.39, 0.29) is 18.8 Å². The Morgan fingerprint density at radius 1 is 1.67 bits per heavy atom. The quantitative estimate of drug-likeness (QED) is 0.557. The van der Waals surface area contributed by atoms with Crippen LogP contribution in [0.3, 0.4) is 0 Å². The topological polar surface area (TPSA) is 95.9 Å². The molecule has 0 radical (unpaired) electrons. The molecule has 0 unspecified atom stereocenters. The number of hydrogen-bond acceptors (Lipinski definition) is 7. The number of esters is 1. The maximum Gasteiger partial charge on any atom is 0.361 e. The highest BCUT2D eigenvalue weighted by molar-refractivity contribution is 5.88. The van der Waals surface area contributed by atoms with Crippen LogP contribution < -0.4 is 0 Å². The number of nitrogens with zero attached hydrogens (tertiary/aromatic N) is 5. The van der Waals surface area contributed by atoms with Gasteiger partial charge >= 0.3 is 5.97 Å². The lowest BCUT2D eigenvalue weighted by Crippen LogP contribution is -2.09. The van der Waals surface area contributed by atoms with Gasteiger partial charge in [0.1, 0.15) is 13.2 Å². The van der Waals surface area contributed by atoms with Gasteiger partial charge in [0.05, 0.1) is 5.69 Å². The summed E-state index contributed by atoms with van der Waals surface area (Å²) in [7, 11) is 0. The minimum absolute atomic E-state index is 0.134. The zero-order valence-corrected chi connectivity index (χ0v) is 9.74. The Labute approximate surface area is 102 Å². The minimum atomic E-state index is -0.538. The Balaban J connectivity index is 2.13. The van der Waals surface area contributed by atoms with Crippen molar-refractivity contribution in [3.8, 4) is 0 Å². The average molecular weight is 249 g/mol. The third kappa shape index (κ3) is 2.42. The Hall–Kier alpha value is -2.51. The van der Waals surface area contributed by atoms with Gasteiger partial charge in [-0.3, -0.25) is 0 Å². The smallest absolute Gasteiger partial charge is 0.361 e. The molecule has 0 amide bonds. The molecule has 2 aromatic rings. The summed E-state index contributed by atoms with van der Waals surface area (Å²) < 4.78 is 11.2. The van der Waals surface area contributed by atoms with E-state index in [4.69, 9.17) is 9.26 Å². The lowest BCUT2D eigenvalue weighted by atomic mass is 10.3. The van der Waals surface area contributed by atoms with Gasteiger partial charge in [-0.2, -0.15) is 4.98 Å². The Morgan fingerprint density at radius 2 is 2.50 bits per heavy atom. The van der Waals surface area contributed by atoms with Crippen molar-refractivity contribution in [3.05, 3.63) is 36.3 Å². The molecule has 2 aromatic heterocycles. The normalized spacial score (nSPS) is 10.3. The van der Waals surface area contributed by atoms with E-state index in [9.17, 15) is 4.79 Å². The van der Waals surface area contributed by atoms with E-state index in [1.165, 1.54) is 17.1 Å². The second-order valence-corrected chi connectivity index (χ2v) is 3.40. The van der Waals surface area contributed by atoms with Gasteiger partial charge in [-0.05, 0) is 6.92 Å². The lowest BCUT2D eigenvalue weighted by Gasteiger charge is -2.00. The predicted octanol–water partition coefficient (Wildman–Crippen LogP) is 0.361.